The van der Waals surface area contributed by atoms with Crippen molar-refractivity contribution in [3.05, 3.63) is 57.2 Å². The molecule has 0 fully saturated rings. The largest absolute Gasteiger partial charge is 0.431 e. The van der Waals surface area contributed by atoms with Crippen LogP contribution in [0.25, 0.3) is 0 Å². The number of alkyl halides is 7. The number of amidine groups is 1. The summed E-state index contributed by atoms with van der Waals surface area (Å²) >= 11 is 2.89. The lowest BCUT2D eigenvalue weighted by Crippen LogP contribution is -2.40. The van der Waals surface area contributed by atoms with E-state index in [4.69, 9.17) is 0 Å². The summed E-state index contributed by atoms with van der Waals surface area (Å²) in [7, 11) is 0. The number of benzene rings is 1. The topological polar surface area (TPSA) is 24.8 Å². The zero-order chi connectivity index (χ0) is 22.0. The first-order valence-electron chi connectivity index (χ1n) is 8.52. The van der Waals surface area contributed by atoms with Crippen molar-refractivity contribution in [2.75, 3.05) is 6.54 Å². The Labute approximate surface area is 172 Å². The van der Waals surface area contributed by atoms with Crippen LogP contribution in [0.3, 0.4) is 0 Å². The highest BCUT2D eigenvalue weighted by atomic mass is 79.9. The third-order valence-corrected chi connectivity index (χ3v) is 5.74. The number of ether oxygens (including phenoxy) is 1. The summed E-state index contributed by atoms with van der Waals surface area (Å²) in [5.74, 6) is -2.33. The number of fused-ring (bicyclic) bond motifs is 3. The monoisotopic (exact) mass is 502 g/mol. The fourth-order valence-corrected chi connectivity index (χ4v) is 4.27. The standard InChI is InChI=1S/C18H11BrF8N2O/c19-9-2-1-8-12(13(9)21)14(22)10(20)4-17(8)6-29-5-7(18(25,26)27)3-11(15(29)28-17)30-16(23)24/h1-3,5,10,14,16H,4,6H2/t10-,14+,17-/m1/s1. The molecule has 30 heavy (non-hydrogen) atoms. The van der Waals surface area contributed by atoms with Crippen molar-refractivity contribution in [2.45, 2.75) is 37.1 Å². The van der Waals surface area contributed by atoms with Crippen molar-refractivity contribution in [1.29, 1.82) is 0 Å². The summed E-state index contributed by atoms with van der Waals surface area (Å²) in [6.45, 7) is -3.88. The molecule has 1 aromatic carbocycles. The van der Waals surface area contributed by atoms with Crippen LogP contribution in [-0.4, -0.2) is 36.2 Å². The van der Waals surface area contributed by atoms with Crippen LogP contribution in [0.5, 0.6) is 0 Å². The number of halogens is 9. The van der Waals surface area contributed by atoms with E-state index in [0.717, 1.165) is 4.90 Å². The molecule has 0 bridgehead atoms. The second-order valence-corrected chi connectivity index (χ2v) is 7.86. The van der Waals surface area contributed by atoms with Crippen LogP contribution in [0.4, 0.5) is 35.1 Å². The fourth-order valence-electron chi connectivity index (χ4n) is 3.93. The molecule has 0 aromatic heterocycles. The van der Waals surface area contributed by atoms with Crippen molar-refractivity contribution >= 4 is 21.8 Å². The van der Waals surface area contributed by atoms with Gasteiger partial charge < -0.3 is 9.64 Å². The maximum atomic E-state index is 14.6. The van der Waals surface area contributed by atoms with E-state index in [1.807, 2.05) is 0 Å². The van der Waals surface area contributed by atoms with E-state index < -0.39 is 72.2 Å². The molecule has 3 atom stereocenters. The van der Waals surface area contributed by atoms with Gasteiger partial charge in [0.05, 0.1) is 16.6 Å². The third kappa shape index (κ3) is 3.28. The van der Waals surface area contributed by atoms with E-state index in [1.165, 1.54) is 12.1 Å². The lowest BCUT2D eigenvalue weighted by molar-refractivity contribution is -0.0981. The zero-order valence-electron chi connectivity index (χ0n) is 14.7. The minimum Gasteiger partial charge on any atom is -0.431 e. The van der Waals surface area contributed by atoms with Gasteiger partial charge in [0.25, 0.3) is 0 Å². The van der Waals surface area contributed by atoms with Crippen molar-refractivity contribution in [3.8, 4) is 0 Å². The maximum Gasteiger partial charge on any atom is 0.417 e. The van der Waals surface area contributed by atoms with Crippen molar-refractivity contribution in [3.63, 3.8) is 0 Å². The molecule has 1 spiro atoms. The Hall–Kier alpha value is -2.11. The predicted octanol–water partition coefficient (Wildman–Crippen LogP) is 5.83. The molecule has 1 aromatic rings. The Morgan fingerprint density at radius 3 is 2.57 bits per heavy atom. The number of aliphatic imine (C=N–C) groups is 1. The van der Waals surface area contributed by atoms with Crippen molar-refractivity contribution in [2.24, 2.45) is 4.99 Å². The molecule has 2 heterocycles. The van der Waals surface area contributed by atoms with Gasteiger partial charge in [-0.2, -0.15) is 22.0 Å². The molecule has 162 valence electrons. The third-order valence-electron chi connectivity index (χ3n) is 5.13. The number of hydrogen-bond donors (Lipinski definition) is 0. The summed E-state index contributed by atoms with van der Waals surface area (Å²) in [6.07, 6.45) is -9.03. The zero-order valence-corrected chi connectivity index (χ0v) is 16.2. The molecule has 0 radical (unpaired) electrons. The normalized spacial score (nSPS) is 28.2. The van der Waals surface area contributed by atoms with E-state index >= 15 is 0 Å². The van der Waals surface area contributed by atoms with Crippen LogP contribution >= 0.6 is 15.9 Å². The van der Waals surface area contributed by atoms with E-state index in [0.29, 0.717) is 12.3 Å². The number of hydrogen-bond acceptors (Lipinski definition) is 3. The first-order valence-corrected chi connectivity index (χ1v) is 9.31. The van der Waals surface area contributed by atoms with Gasteiger partial charge in [-0.1, -0.05) is 6.07 Å². The van der Waals surface area contributed by atoms with Gasteiger partial charge in [-0.15, -0.1) is 0 Å². The number of allylic oxidation sites excluding steroid dienone is 2. The average Bonchev–Trinajstić information content (AvgIpc) is 3.00. The summed E-state index contributed by atoms with van der Waals surface area (Å²) in [5.41, 5.74) is -3.64. The van der Waals surface area contributed by atoms with Crippen LogP contribution < -0.4 is 0 Å². The molecule has 3 aliphatic rings. The molecule has 1 aliphatic carbocycles. The van der Waals surface area contributed by atoms with Crippen LogP contribution in [0, 0.1) is 5.82 Å². The van der Waals surface area contributed by atoms with Crippen LogP contribution in [-0.2, 0) is 10.3 Å². The first-order chi connectivity index (χ1) is 13.9. The Balaban J connectivity index is 1.87. The SMILES string of the molecule is Fc1c(Br)ccc2c1[C@@H](F)[C@H](F)C[C@@]21CN2C=C(C(F)(F)F)C=C(OC(F)F)C2=N1. The maximum absolute atomic E-state index is 14.6. The molecular weight excluding hydrogens is 492 g/mol. The van der Waals surface area contributed by atoms with Gasteiger partial charge in [0.2, 0.25) is 0 Å². The number of nitrogens with zero attached hydrogens (tertiary/aromatic N) is 2. The van der Waals surface area contributed by atoms with E-state index in [1.54, 1.807) is 0 Å². The van der Waals surface area contributed by atoms with Crippen molar-refractivity contribution in [1.82, 2.24) is 4.90 Å². The summed E-state index contributed by atoms with van der Waals surface area (Å²) < 4.78 is 113. The van der Waals surface area contributed by atoms with Gasteiger partial charge in [-0.25, -0.2) is 13.2 Å². The van der Waals surface area contributed by atoms with Gasteiger partial charge in [0.15, 0.2) is 17.8 Å². The molecule has 0 amide bonds. The highest BCUT2D eigenvalue weighted by molar-refractivity contribution is 9.10. The Kier molecular flexibility index (Phi) is 4.90. The Bertz CT molecular complexity index is 989. The quantitative estimate of drug-likeness (QED) is 0.475. The Morgan fingerprint density at radius 2 is 1.93 bits per heavy atom. The molecule has 4 rings (SSSR count). The Morgan fingerprint density at radius 1 is 1.23 bits per heavy atom. The van der Waals surface area contributed by atoms with Crippen LogP contribution in [0.1, 0.15) is 23.7 Å². The fraction of sp³-hybridized carbons (Fsp3) is 0.389. The van der Waals surface area contributed by atoms with E-state index in [2.05, 4.69) is 25.7 Å². The molecule has 0 saturated heterocycles. The molecule has 0 saturated carbocycles. The predicted molar refractivity (Wildman–Crippen MR) is 92.6 cm³/mol. The van der Waals surface area contributed by atoms with Crippen LogP contribution in [0.15, 0.2) is 45.2 Å². The number of rotatable bonds is 2. The second-order valence-electron chi connectivity index (χ2n) is 7.01. The minimum atomic E-state index is -4.88. The summed E-state index contributed by atoms with van der Waals surface area (Å²) in [5, 5.41) is 0. The van der Waals surface area contributed by atoms with Gasteiger partial charge in [-0.3, -0.25) is 4.99 Å². The molecule has 3 nitrogen and oxygen atoms in total. The first kappa shape index (κ1) is 21.1. The minimum absolute atomic E-state index is 0.0649. The van der Waals surface area contributed by atoms with E-state index in [-0.39, 0.29) is 10.0 Å². The van der Waals surface area contributed by atoms with Gasteiger partial charge in [-0.05, 0) is 33.6 Å². The van der Waals surface area contributed by atoms with Gasteiger partial charge in [0, 0.05) is 18.2 Å². The highest BCUT2D eigenvalue weighted by Gasteiger charge is 2.53. The highest BCUT2D eigenvalue weighted by Crippen LogP contribution is 2.51. The summed E-state index contributed by atoms with van der Waals surface area (Å²) in [6, 6.07) is 2.53. The molecule has 2 aliphatic heterocycles. The van der Waals surface area contributed by atoms with Crippen molar-refractivity contribution < 1.29 is 39.9 Å². The lowest BCUT2D eigenvalue weighted by atomic mass is 9.75. The lowest BCUT2D eigenvalue weighted by Gasteiger charge is -2.37. The summed E-state index contributed by atoms with van der Waals surface area (Å²) in [4.78, 5) is 5.05. The van der Waals surface area contributed by atoms with E-state index in [9.17, 15) is 35.1 Å². The smallest absolute Gasteiger partial charge is 0.417 e. The van der Waals surface area contributed by atoms with Gasteiger partial charge in [0.1, 0.15) is 17.5 Å². The second kappa shape index (κ2) is 6.96. The average molecular weight is 503 g/mol. The molecule has 0 N–H and O–H groups in total. The molecule has 12 heteroatoms. The van der Waals surface area contributed by atoms with Crippen LogP contribution in [0.2, 0.25) is 0 Å². The van der Waals surface area contributed by atoms with Gasteiger partial charge >= 0.3 is 12.8 Å². The molecule has 0 unspecified atom stereocenters. The molecular formula is C18H11BrF8N2O.